The van der Waals surface area contributed by atoms with E-state index in [2.05, 4.69) is 12.2 Å². The van der Waals surface area contributed by atoms with Crippen LogP contribution in [0.5, 0.6) is 0 Å². The van der Waals surface area contributed by atoms with E-state index in [0.29, 0.717) is 0 Å². The van der Waals surface area contributed by atoms with Crippen LogP contribution in [0.25, 0.3) is 0 Å². The molecule has 1 nitrogen and oxygen atoms in total. The van der Waals surface area contributed by atoms with Crippen LogP contribution in [0.15, 0.2) is 0 Å². The maximum absolute atomic E-state index is 3.46. The van der Waals surface area contributed by atoms with Gasteiger partial charge in [-0.25, -0.2) is 0 Å². The molecule has 0 radical (unpaired) electrons. The number of hydrogen-bond donors (Lipinski definition) is 1. The van der Waals surface area contributed by atoms with E-state index in [-0.39, 0.29) is 0 Å². The second-order valence-electron chi connectivity index (χ2n) is 2.58. The first-order chi connectivity index (χ1) is 3.93. The Morgan fingerprint density at radius 3 is 3.00 bits per heavy atom. The standard InChI is InChI=1S/C7H15N/c1-2-4-7-5-3-6-8-7/h7-8H,2-6H2,1H3/t7-/m1/s1. The highest BCUT2D eigenvalue weighted by Crippen LogP contribution is 2.09. The van der Waals surface area contributed by atoms with Gasteiger partial charge in [0.15, 0.2) is 0 Å². The molecule has 0 amide bonds. The van der Waals surface area contributed by atoms with E-state index in [1.165, 1.54) is 32.2 Å². The molecule has 0 aliphatic carbocycles. The largest absolute Gasteiger partial charge is 0.314 e. The van der Waals surface area contributed by atoms with Crippen molar-refractivity contribution in [3.8, 4) is 0 Å². The van der Waals surface area contributed by atoms with E-state index in [4.69, 9.17) is 0 Å². The summed E-state index contributed by atoms with van der Waals surface area (Å²) in [6.07, 6.45) is 5.51. The Morgan fingerprint density at radius 2 is 2.50 bits per heavy atom. The smallest absolute Gasteiger partial charge is 0.00674 e. The van der Waals surface area contributed by atoms with Crippen molar-refractivity contribution in [2.24, 2.45) is 0 Å². The normalized spacial score (nSPS) is 28.9. The lowest BCUT2D eigenvalue weighted by atomic mass is 10.1. The minimum absolute atomic E-state index is 0.861. The van der Waals surface area contributed by atoms with Crippen LogP contribution < -0.4 is 5.32 Å². The minimum Gasteiger partial charge on any atom is -0.314 e. The lowest BCUT2D eigenvalue weighted by Crippen LogP contribution is -2.20. The summed E-state index contributed by atoms with van der Waals surface area (Å²) in [7, 11) is 0. The van der Waals surface area contributed by atoms with Gasteiger partial charge >= 0.3 is 0 Å². The molecule has 1 saturated heterocycles. The summed E-state index contributed by atoms with van der Waals surface area (Å²) in [5.74, 6) is 0. The maximum atomic E-state index is 3.46. The van der Waals surface area contributed by atoms with Crippen LogP contribution in [-0.4, -0.2) is 12.6 Å². The molecule has 0 aromatic carbocycles. The molecule has 0 spiro atoms. The van der Waals surface area contributed by atoms with Crippen LogP contribution in [0.4, 0.5) is 0 Å². The molecule has 1 N–H and O–H groups in total. The Bertz CT molecular complexity index is 55.4. The third-order valence-corrected chi connectivity index (χ3v) is 1.80. The van der Waals surface area contributed by atoms with Gasteiger partial charge in [-0.05, 0) is 25.8 Å². The molecule has 1 fully saturated rings. The molecular weight excluding hydrogens is 98.1 g/mol. The molecule has 48 valence electrons. The van der Waals surface area contributed by atoms with Gasteiger partial charge < -0.3 is 5.32 Å². The Hall–Kier alpha value is -0.0400. The predicted molar refractivity (Wildman–Crippen MR) is 35.9 cm³/mol. The molecule has 0 aromatic heterocycles. The Morgan fingerprint density at radius 1 is 1.62 bits per heavy atom. The van der Waals surface area contributed by atoms with E-state index >= 15 is 0 Å². The van der Waals surface area contributed by atoms with E-state index in [1.807, 2.05) is 0 Å². The first-order valence-electron chi connectivity index (χ1n) is 3.67. The van der Waals surface area contributed by atoms with Crippen molar-refractivity contribution < 1.29 is 0 Å². The van der Waals surface area contributed by atoms with Gasteiger partial charge in [0.1, 0.15) is 0 Å². The van der Waals surface area contributed by atoms with Gasteiger partial charge in [0, 0.05) is 6.04 Å². The second kappa shape index (κ2) is 3.08. The molecule has 1 atom stereocenters. The van der Waals surface area contributed by atoms with Crippen LogP contribution in [0.1, 0.15) is 32.6 Å². The van der Waals surface area contributed by atoms with Gasteiger partial charge in [0.2, 0.25) is 0 Å². The Kier molecular flexibility index (Phi) is 2.34. The molecule has 1 heteroatoms. The number of rotatable bonds is 2. The summed E-state index contributed by atoms with van der Waals surface area (Å²) in [4.78, 5) is 0. The lowest BCUT2D eigenvalue weighted by molar-refractivity contribution is 0.551. The molecule has 1 rings (SSSR count). The topological polar surface area (TPSA) is 12.0 Å². The summed E-state index contributed by atoms with van der Waals surface area (Å²) in [6.45, 7) is 3.50. The Balaban J connectivity index is 2.06. The summed E-state index contributed by atoms with van der Waals surface area (Å²) in [6, 6.07) is 0.861. The molecular formula is C7H15N. The van der Waals surface area contributed by atoms with E-state index in [9.17, 15) is 0 Å². The fourth-order valence-electron chi connectivity index (χ4n) is 1.35. The summed E-state index contributed by atoms with van der Waals surface area (Å²) >= 11 is 0. The van der Waals surface area contributed by atoms with Crippen molar-refractivity contribution in [1.29, 1.82) is 0 Å². The monoisotopic (exact) mass is 113 g/mol. The zero-order chi connectivity index (χ0) is 5.82. The first kappa shape index (κ1) is 6.09. The van der Waals surface area contributed by atoms with Crippen molar-refractivity contribution in [3.05, 3.63) is 0 Å². The van der Waals surface area contributed by atoms with Crippen LogP contribution in [0, 0.1) is 0 Å². The summed E-state index contributed by atoms with van der Waals surface area (Å²) in [5, 5.41) is 3.46. The molecule has 0 aromatic rings. The second-order valence-corrected chi connectivity index (χ2v) is 2.58. The number of nitrogens with one attached hydrogen (secondary N) is 1. The van der Waals surface area contributed by atoms with E-state index in [0.717, 1.165) is 6.04 Å². The van der Waals surface area contributed by atoms with E-state index in [1.54, 1.807) is 0 Å². The molecule has 0 unspecified atom stereocenters. The van der Waals surface area contributed by atoms with Crippen molar-refractivity contribution >= 4 is 0 Å². The highest BCUT2D eigenvalue weighted by atomic mass is 14.9. The average Bonchev–Trinajstić information content (AvgIpc) is 2.19. The first-order valence-corrected chi connectivity index (χ1v) is 3.67. The number of hydrogen-bond acceptors (Lipinski definition) is 1. The summed E-state index contributed by atoms with van der Waals surface area (Å²) < 4.78 is 0. The molecule has 0 saturated carbocycles. The minimum atomic E-state index is 0.861. The van der Waals surface area contributed by atoms with Crippen LogP contribution in [0.2, 0.25) is 0 Å². The zero-order valence-electron chi connectivity index (χ0n) is 5.61. The fourth-order valence-corrected chi connectivity index (χ4v) is 1.35. The van der Waals surface area contributed by atoms with E-state index < -0.39 is 0 Å². The molecule has 1 aliphatic rings. The quantitative estimate of drug-likeness (QED) is 0.572. The van der Waals surface area contributed by atoms with Crippen molar-refractivity contribution in [3.63, 3.8) is 0 Å². The van der Waals surface area contributed by atoms with Gasteiger partial charge in [-0.15, -0.1) is 0 Å². The van der Waals surface area contributed by atoms with Crippen molar-refractivity contribution in [2.75, 3.05) is 6.54 Å². The predicted octanol–water partition coefficient (Wildman–Crippen LogP) is 1.54. The molecule has 1 aliphatic heterocycles. The third-order valence-electron chi connectivity index (χ3n) is 1.80. The highest BCUT2D eigenvalue weighted by Gasteiger charge is 2.11. The fraction of sp³-hybridized carbons (Fsp3) is 1.00. The Labute approximate surface area is 51.5 Å². The van der Waals surface area contributed by atoms with Crippen LogP contribution in [-0.2, 0) is 0 Å². The lowest BCUT2D eigenvalue weighted by Gasteiger charge is -2.05. The van der Waals surface area contributed by atoms with Gasteiger partial charge in [-0.2, -0.15) is 0 Å². The molecule has 8 heavy (non-hydrogen) atoms. The summed E-state index contributed by atoms with van der Waals surface area (Å²) in [5.41, 5.74) is 0. The van der Waals surface area contributed by atoms with Gasteiger partial charge in [-0.1, -0.05) is 13.3 Å². The highest BCUT2D eigenvalue weighted by molar-refractivity contribution is 4.72. The van der Waals surface area contributed by atoms with Gasteiger partial charge in [0.25, 0.3) is 0 Å². The van der Waals surface area contributed by atoms with Crippen molar-refractivity contribution in [1.82, 2.24) is 5.32 Å². The molecule has 1 heterocycles. The molecule has 0 bridgehead atoms. The zero-order valence-corrected chi connectivity index (χ0v) is 5.61. The van der Waals surface area contributed by atoms with Gasteiger partial charge in [-0.3, -0.25) is 0 Å². The third kappa shape index (κ3) is 1.48. The maximum Gasteiger partial charge on any atom is 0.00674 e. The van der Waals surface area contributed by atoms with Crippen LogP contribution >= 0.6 is 0 Å². The SMILES string of the molecule is CCC[C@@H]1CCCN1. The van der Waals surface area contributed by atoms with Gasteiger partial charge in [0.05, 0.1) is 0 Å². The average molecular weight is 113 g/mol. The van der Waals surface area contributed by atoms with Crippen molar-refractivity contribution in [2.45, 2.75) is 38.6 Å². The van der Waals surface area contributed by atoms with Crippen LogP contribution in [0.3, 0.4) is 0 Å².